The molecule has 28 heavy (non-hydrogen) atoms. The number of nitro benzene ring substituents is 1. The van der Waals surface area contributed by atoms with Gasteiger partial charge in [-0.2, -0.15) is 0 Å². The number of piperidine rings is 1. The average molecular weight is 404 g/mol. The van der Waals surface area contributed by atoms with Crippen LogP contribution >= 0.6 is 11.6 Å². The van der Waals surface area contributed by atoms with Crippen LogP contribution in [0.5, 0.6) is 0 Å². The highest BCUT2D eigenvalue weighted by Gasteiger charge is 2.33. The smallest absolute Gasteiger partial charge is 0.282 e. The quantitative estimate of drug-likeness (QED) is 0.571. The number of aliphatic hydroxyl groups is 1. The van der Waals surface area contributed by atoms with E-state index in [1.807, 2.05) is 12.1 Å². The van der Waals surface area contributed by atoms with Crippen LogP contribution in [0.25, 0.3) is 0 Å². The molecule has 0 aliphatic carbocycles. The van der Waals surface area contributed by atoms with Gasteiger partial charge in [0.2, 0.25) is 0 Å². The Kier molecular flexibility index (Phi) is 6.28. The maximum atomic E-state index is 12.2. The molecule has 0 saturated carbocycles. The van der Waals surface area contributed by atoms with Crippen molar-refractivity contribution in [3.63, 3.8) is 0 Å². The number of hydrogen-bond acceptors (Lipinski definition) is 5. The van der Waals surface area contributed by atoms with Crippen LogP contribution in [0.1, 0.15) is 28.8 Å². The Bertz CT molecular complexity index is 849. The normalized spacial score (nSPS) is 16.5. The van der Waals surface area contributed by atoms with Crippen molar-refractivity contribution in [2.45, 2.75) is 18.4 Å². The van der Waals surface area contributed by atoms with Gasteiger partial charge in [-0.15, -0.1) is 0 Å². The molecule has 0 atom stereocenters. The number of amides is 1. The van der Waals surface area contributed by atoms with Crippen LogP contribution in [0.3, 0.4) is 0 Å². The third-order valence-corrected chi connectivity index (χ3v) is 5.38. The molecule has 0 unspecified atom stereocenters. The highest BCUT2D eigenvalue weighted by Crippen LogP contribution is 2.33. The van der Waals surface area contributed by atoms with Crippen molar-refractivity contribution in [3.8, 4) is 0 Å². The first kappa shape index (κ1) is 20.3. The van der Waals surface area contributed by atoms with Crippen molar-refractivity contribution < 1.29 is 14.8 Å². The molecule has 0 bridgehead atoms. The van der Waals surface area contributed by atoms with Gasteiger partial charge < -0.3 is 15.3 Å². The summed E-state index contributed by atoms with van der Waals surface area (Å²) < 4.78 is 0. The third-order valence-electron chi connectivity index (χ3n) is 5.12. The van der Waals surface area contributed by atoms with Gasteiger partial charge in [-0.25, -0.2) is 0 Å². The number of para-hydroxylation sites is 1. The third kappa shape index (κ3) is 4.67. The first-order chi connectivity index (χ1) is 13.4. The fourth-order valence-corrected chi connectivity index (χ4v) is 3.57. The summed E-state index contributed by atoms with van der Waals surface area (Å²) in [5, 5.41) is 25.3. The maximum absolute atomic E-state index is 12.2. The maximum Gasteiger partial charge on any atom is 0.282 e. The summed E-state index contributed by atoms with van der Waals surface area (Å²) in [6.07, 6.45) is 1.18. The van der Waals surface area contributed by atoms with Crippen molar-refractivity contribution >= 4 is 23.2 Å². The van der Waals surface area contributed by atoms with Gasteiger partial charge >= 0.3 is 0 Å². The number of rotatable bonds is 6. The van der Waals surface area contributed by atoms with Gasteiger partial charge in [0.25, 0.3) is 11.6 Å². The van der Waals surface area contributed by atoms with Crippen LogP contribution in [0.2, 0.25) is 5.02 Å². The molecule has 1 heterocycles. The van der Waals surface area contributed by atoms with Crippen molar-refractivity contribution in [1.29, 1.82) is 0 Å². The first-order valence-corrected chi connectivity index (χ1v) is 9.49. The number of likely N-dealkylation sites (tertiary alicyclic amines) is 1. The standard InChI is InChI=1S/C20H22ClN3O4/c21-16-7-5-15(6-8-16)20(26)9-12-23(13-10-20)14-11-22-19(25)17-3-1-2-4-18(17)24(27)28/h1-8,26H,9-14H2,(H,22,25). The minimum atomic E-state index is -0.866. The number of carbonyl (C=O) groups is 1. The Hall–Kier alpha value is -2.48. The minimum Gasteiger partial charge on any atom is -0.385 e. The molecule has 3 rings (SSSR count). The number of carbonyl (C=O) groups excluding carboxylic acids is 1. The van der Waals surface area contributed by atoms with E-state index in [1.54, 1.807) is 18.2 Å². The topological polar surface area (TPSA) is 95.7 Å². The van der Waals surface area contributed by atoms with Crippen LogP contribution < -0.4 is 5.32 Å². The zero-order chi connectivity index (χ0) is 20.1. The van der Waals surface area contributed by atoms with E-state index in [0.717, 1.165) is 5.56 Å². The summed E-state index contributed by atoms with van der Waals surface area (Å²) in [5.74, 6) is -0.457. The lowest BCUT2D eigenvalue weighted by molar-refractivity contribution is -0.385. The predicted octanol–water partition coefficient (Wildman–Crippen LogP) is 2.96. The number of nitrogens with one attached hydrogen (secondary N) is 1. The molecule has 1 aliphatic rings. The van der Waals surface area contributed by atoms with E-state index >= 15 is 0 Å². The molecule has 0 spiro atoms. The van der Waals surface area contributed by atoms with E-state index in [1.165, 1.54) is 18.2 Å². The second-order valence-electron chi connectivity index (χ2n) is 6.91. The molecule has 0 radical (unpaired) electrons. The Morgan fingerprint density at radius 1 is 1.18 bits per heavy atom. The first-order valence-electron chi connectivity index (χ1n) is 9.11. The summed E-state index contributed by atoms with van der Waals surface area (Å²) in [6, 6.07) is 13.2. The molecule has 1 aliphatic heterocycles. The Labute approximate surface area is 168 Å². The zero-order valence-electron chi connectivity index (χ0n) is 15.3. The number of halogens is 1. The lowest BCUT2D eigenvalue weighted by Gasteiger charge is -2.38. The van der Waals surface area contributed by atoms with Gasteiger partial charge in [-0.05, 0) is 36.6 Å². The van der Waals surface area contributed by atoms with Crippen molar-refractivity contribution in [2.75, 3.05) is 26.2 Å². The molecule has 8 heteroatoms. The second kappa shape index (κ2) is 8.68. The average Bonchev–Trinajstić information content (AvgIpc) is 2.70. The number of benzene rings is 2. The van der Waals surface area contributed by atoms with Crippen molar-refractivity contribution in [3.05, 3.63) is 74.8 Å². The number of nitrogens with zero attached hydrogens (tertiary/aromatic N) is 2. The highest BCUT2D eigenvalue weighted by atomic mass is 35.5. The number of nitro groups is 1. The summed E-state index contributed by atoms with van der Waals surface area (Å²) in [5.41, 5.74) is -0.148. The van der Waals surface area contributed by atoms with Crippen LogP contribution in [0, 0.1) is 10.1 Å². The summed E-state index contributed by atoms with van der Waals surface area (Å²) in [6.45, 7) is 2.38. The van der Waals surface area contributed by atoms with Crippen LogP contribution in [0.4, 0.5) is 5.69 Å². The molecule has 2 N–H and O–H groups in total. The SMILES string of the molecule is O=C(NCCN1CCC(O)(c2ccc(Cl)cc2)CC1)c1ccccc1[N+](=O)[O-]. The van der Waals surface area contributed by atoms with E-state index in [-0.39, 0.29) is 11.3 Å². The van der Waals surface area contributed by atoms with Gasteiger partial charge in [0.05, 0.1) is 10.5 Å². The molecular formula is C20H22ClN3O4. The van der Waals surface area contributed by atoms with E-state index < -0.39 is 16.4 Å². The van der Waals surface area contributed by atoms with Gasteiger partial charge in [0.15, 0.2) is 0 Å². The lowest BCUT2D eigenvalue weighted by atomic mass is 9.84. The van der Waals surface area contributed by atoms with Gasteiger partial charge in [0, 0.05) is 37.3 Å². The van der Waals surface area contributed by atoms with E-state index in [4.69, 9.17) is 11.6 Å². The van der Waals surface area contributed by atoms with Gasteiger partial charge in [-0.1, -0.05) is 35.9 Å². The molecular weight excluding hydrogens is 382 g/mol. The van der Waals surface area contributed by atoms with Crippen molar-refractivity contribution in [1.82, 2.24) is 10.2 Å². The molecule has 1 fully saturated rings. The van der Waals surface area contributed by atoms with Gasteiger partial charge in [0.1, 0.15) is 5.56 Å². The van der Waals surface area contributed by atoms with Gasteiger partial charge in [-0.3, -0.25) is 14.9 Å². The fourth-order valence-electron chi connectivity index (χ4n) is 3.44. The molecule has 2 aromatic carbocycles. The van der Waals surface area contributed by atoms with E-state index in [0.29, 0.717) is 44.0 Å². The second-order valence-corrected chi connectivity index (χ2v) is 7.35. The van der Waals surface area contributed by atoms with E-state index in [9.17, 15) is 20.0 Å². The molecule has 1 saturated heterocycles. The summed E-state index contributed by atoms with van der Waals surface area (Å²) in [4.78, 5) is 24.9. The molecule has 7 nitrogen and oxygen atoms in total. The van der Waals surface area contributed by atoms with Crippen molar-refractivity contribution in [2.24, 2.45) is 0 Å². The lowest BCUT2D eigenvalue weighted by Crippen LogP contribution is -2.45. The Balaban J connectivity index is 1.49. The molecule has 0 aromatic heterocycles. The predicted molar refractivity (Wildman–Crippen MR) is 106 cm³/mol. The highest BCUT2D eigenvalue weighted by molar-refractivity contribution is 6.30. The minimum absolute atomic E-state index is 0.0586. The van der Waals surface area contributed by atoms with Crippen LogP contribution in [0.15, 0.2) is 48.5 Å². The van der Waals surface area contributed by atoms with Crippen LogP contribution in [-0.4, -0.2) is 47.0 Å². The summed E-state index contributed by atoms with van der Waals surface area (Å²) >= 11 is 5.91. The fraction of sp³-hybridized carbons (Fsp3) is 0.350. The molecule has 2 aromatic rings. The Morgan fingerprint density at radius 2 is 1.82 bits per heavy atom. The molecule has 148 valence electrons. The number of hydrogen-bond donors (Lipinski definition) is 2. The molecule has 1 amide bonds. The summed E-state index contributed by atoms with van der Waals surface area (Å²) in [7, 11) is 0. The largest absolute Gasteiger partial charge is 0.385 e. The van der Waals surface area contributed by atoms with Crippen LogP contribution in [-0.2, 0) is 5.60 Å². The van der Waals surface area contributed by atoms with E-state index in [2.05, 4.69) is 10.2 Å². The zero-order valence-corrected chi connectivity index (χ0v) is 16.1. The monoisotopic (exact) mass is 403 g/mol. The Morgan fingerprint density at radius 3 is 2.46 bits per heavy atom.